The summed E-state index contributed by atoms with van der Waals surface area (Å²) in [4.78, 5) is 14.1. The number of ether oxygens (including phenoxy) is 2. The van der Waals surface area contributed by atoms with Crippen LogP contribution in [0.4, 0.5) is 0 Å². The van der Waals surface area contributed by atoms with E-state index in [1.165, 1.54) is 16.7 Å². The molecule has 3 rings (SSSR count). The van der Waals surface area contributed by atoms with Crippen LogP contribution in [0, 0.1) is 0 Å². The van der Waals surface area contributed by atoms with E-state index >= 15 is 0 Å². The molecule has 1 heterocycles. The molecule has 4 nitrogen and oxygen atoms in total. The van der Waals surface area contributed by atoms with Crippen molar-refractivity contribution in [3.05, 3.63) is 41.0 Å². The quantitative estimate of drug-likeness (QED) is 0.784. The molecule has 0 atom stereocenters. The van der Waals surface area contributed by atoms with E-state index < -0.39 is 0 Å². The Kier molecular flexibility index (Phi) is 4.29. The molecule has 2 aliphatic rings. The van der Waals surface area contributed by atoms with Crippen LogP contribution in [-0.4, -0.2) is 44.2 Å². The molecule has 1 aromatic rings. The van der Waals surface area contributed by atoms with Crippen molar-refractivity contribution in [2.75, 3.05) is 33.4 Å². The molecule has 0 spiro atoms. The zero-order valence-electron chi connectivity index (χ0n) is 13.1. The minimum Gasteiger partial charge on any atom is -0.497 e. The normalized spacial score (nSPS) is 17.0. The Bertz CT molecular complexity index is 646. The number of esters is 1. The molecule has 0 aromatic heterocycles. The Hall–Kier alpha value is -2.07. The van der Waals surface area contributed by atoms with Crippen molar-refractivity contribution >= 4 is 17.6 Å². The highest BCUT2D eigenvalue weighted by molar-refractivity contribution is 5.96. The van der Waals surface area contributed by atoms with Crippen LogP contribution in [0.15, 0.2) is 29.8 Å². The molecule has 0 amide bonds. The average molecular weight is 299 g/mol. The standard InChI is InChI=1S/C18H21NO3/c1-3-22-18(20)14-5-4-8-19(11-14)12-15-9-13-6-7-16(21-2)10-17(13)15/h5-7,9-10H,3-4,8,11-12H2,1-2H3. The Morgan fingerprint density at radius 1 is 1.36 bits per heavy atom. The van der Waals surface area contributed by atoms with Crippen LogP contribution in [-0.2, 0) is 9.53 Å². The van der Waals surface area contributed by atoms with E-state index in [1.54, 1.807) is 7.11 Å². The van der Waals surface area contributed by atoms with Crippen LogP contribution < -0.4 is 4.74 Å². The van der Waals surface area contributed by atoms with E-state index in [0.29, 0.717) is 13.2 Å². The Morgan fingerprint density at radius 2 is 2.23 bits per heavy atom. The number of carbonyl (C=O) groups excluding carboxylic acids is 1. The van der Waals surface area contributed by atoms with Gasteiger partial charge in [-0.3, -0.25) is 4.90 Å². The average Bonchev–Trinajstić information content (AvgIpc) is 2.53. The van der Waals surface area contributed by atoms with Gasteiger partial charge in [0.1, 0.15) is 5.75 Å². The molecule has 0 unspecified atom stereocenters. The molecule has 0 saturated heterocycles. The highest BCUT2D eigenvalue weighted by Gasteiger charge is 2.23. The maximum absolute atomic E-state index is 11.8. The lowest BCUT2D eigenvalue weighted by Gasteiger charge is -2.30. The second-order valence-electron chi connectivity index (χ2n) is 5.57. The summed E-state index contributed by atoms with van der Waals surface area (Å²) in [6.07, 6.45) is 5.10. The highest BCUT2D eigenvalue weighted by atomic mass is 16.5. The third kappa shape index (κ3) is 2.92. The lowest BCUT2D eigenvalue weighted by molar-refractivity contribution is -0.138. The molecule has 1 aliphatic heterocycles. The zero-order chi connectivity index (χ0) is 15.5. The summed E-state index contributed by atoms with van der Waals surface area (Å²) < 4.78 is 10.4. The van der Waals surface area contributed by atoms with E-state index in [-0.39, 0.29) is 5.97 Å². The molecular weight excluding hydrogens is 278 g/mol. The number of hydrogen-bond donors (Lipinski definition) is 0. The molecule has 4 heteroatoms. The van der Waals surface area contributed by atoms with Crippen LogP contribution >= 0.6 is 0 Å². The maximum atomic E-state index is 11.8. The molecule has 116 valence electrons. The van der Waals surface area contributed by atoms with E-state index in [4.69, 9.17) is 9.47 Å². The summed E-state index contributed by atoms with van der Waals surface area (Å²) in [5, 5.41) is 0. The first-order valence-electron chi connectivity index (χ1n) is 7.68. The predicted octanol–water partition coefficient (Wildman–Crippen LogP) is 2.74. The van der Waals surface area contributed by atoms with E-state index in [0.717, 1.165) is 30.8 Å². The van der Waals surface area contributed by atoms with Gasteiger partial charge in [0.2, 0.25) is 0 Å². The maximum Gasteiger partial charge on any atom is 0.334 e. The van der Waals surface area contributed by atoms with E-state index in [1.807, 2.05) is 19.1 Å². The number of carbonyl (C=O) groups is 1. The van der Waals surface area contributed by atoms with Crippen molar-refractivity contribution in [3.63, 3.8) is 0 Å². The van der Waals surface area contributed by atoms with Gasteiger partial charge in [-0.15, -0.1) is 0 Å². The fraction of sp³-hybridized carbons (Fsp3) is 0.389. The summed E-state index contributed by atoms with van der Waals surface area (Å²) in [5.74, 6) is 0.701. The molecule has 0 radical (unpaired) electrons. The highest BCUT2D eigenvalue weighted by Crippen LogP contribution is 2.35. The topological polar surface area (TPSA) is 38.8 Å². The summed E-state index contributed by atoms with van der Waals surface area (Å²) in [7, 11) is 1.69. The summed E-state index contributed by atoms with van der Waals surface area (Å²) >= 11 is 0. The largest absolute Gasteiger partial charge is 0.497 e. The SMILES string of the molecule is CCOC(=O)C1=CCCN(CC2=Cc3ccc(OC)cc32)C1. The van der Waals surface area contributed by atoms with Gasteiger partial charge in [-0.25, -0.2) is 4.79 Å². The minimum absolute atomic E-state index is 0.183. The number of hydrogen-bond acceptors (Lipinski definition) is 4. The fourth-order valence-corrected chi connectivity index (χ4v) is 2.94. The van der Waals surface area contributed by atoms with Gasteiger partial charge in [-0.05, 0) is 48.3 Å². The summed E-state index contributed by atoms with van der Waals surface area (Å²) in [5.41, 5.74) is 4.60. The molecule has 0 N–H and O–H groups in total. The predicted molar refractivity (Wildman–Crippen MR) is 86.6 cm³/mol. The van der Waals surface area contributed by atoms with Crippen molar-refractivity contribution in [2.24, 2.45) is 0 Å². The van der Waals surface area contributed by atoms with Crippen molar-refractivity contribution in [1.82, 2.24) is 4.90 Å². The van der Waals surface area contributed by atoms with Crippen LogP contribution in [0.2, 0.25) is 0 Å². The first-order chi connectivity index (χ1) is 10.7. The second-order valence-corrected chi connectivity index (χ2v) is 5.57. The molecule has 1 aliphatic carbocycles. The van der Waals surface area contributed by atoms with Crippen molar-refractivity contribution < 1.29 is 14.3 Å². The van der Waals surface area contributed by atoms with Crippen LogP contribution in [0.3, 0.4) is 0 Å². The van der Waals surface area contributed by atoms with Gasteiger partial charge in [-0.1, -0.05) is 12.1 Å². The number of rotatable bonds is 5. The van der Waals surface area contributed by atoms with Gasteiger partial charge < -0.3 is 9.47 Å². The number of nitrogens with zero attached hydrogens (tertiary/aromatic N) is 1. The number of benzene rings is 1. The number of fused-ring (bicyclic) bond motifs is 1. The van der Waals surface area contributed by atoms with Gasteiger partial charge >= 0.3 is 5.97 Å². The van der Waals surface area contributed by atoms with Gasteiger partial charge in [0.05, 0.1) is 13.7 Å². The lowest BCUT2D eigenvalue weighted by atomic mass is 9.87. The second kappa shape index (κ2) is 6.36. The first kappa shape index (κ1) is 14.9. The third-order valence-electron chi connectivity index (χ3n) is 4.10. The van der Waals surface area contributed by atoms with Gasteiger partial charge in [0.25, 0.3) is 0 Å². The number of methoxy groups -OCH3 is 1. The molecule has 0 saturated carbocycles. The first-order valence-corrected chi connectivity index (χ1v) is 7.68. The minimum atomic E-state index is -0.183. The van der Waals surface area contributed by atoms with Crippen molar-refractivity contribution in [3.8, 4) is 5.75 Å². The molecular formula is C18H21NO3. The zero-order valence-corrected chi connectivity index (χ0v) is 13.1. The summed E-state index contributed by atoms with van der Waals surface area (Å²) in [6, 6.07) is 6.14. The van der Waals surface area contributed by atoms with Crippen LogP contribution in [0.25, 0.3) is 11.6 Å². The van der Waals surface area contributed by atoms with Crippen molar-refractivity contribution in [2.45, 2.75) is 13.3 Å². The van der Waals surface area contributed by atoms with Crippen molar-refractivity contribution in [1.29, 1.82) is 0 Å². The Labute approximate surface area is 131 Å². The monoisotopic (exact) mass is 299 g/mol. The molecule has 22 heavy (non-hydrogen) atoms. The summed E-state index contributed by atoms with van der Waals surface area (Å²) in [6.45, 7) is 4.75. The molecule has 0 fully saturated rings. The van der Waals surface area contributed by atoms with Gasteiger partial charge in [0.15, 0.2) is 0 Å². The molecule has 0 bridgehead atoms. The van der Waals surface area contributed by atoms with E-state index in [2.05, 4.69) is 23.1 Å². The smallest absolute Gasteiger partial charge is 0.334 e. The van der Waals surface area contributed by atoms with E-state index in [9.17, 15) is 4.79 Å². The fourth-order valence-electron chi connectivity index (χ4n) is 2.94. The Balaban J connectivity index is 1.63. The van der Waals surface area contributed by atoms with Crippen LogP contribution in [0.5, 0.6) is 5.75 Å². The Morgan fingerprint density at radius 3 is 3.00 bits per heavy atom. The van der Waals surface area contributed by atoms with Crippen LogP contribution in [0.1, 0.15) is 24.5 Å². The van der Waals surface area contributed by atoms with Gasteiger partial charge in [-0.2, -0.15) is 0 Å². The third-order valence-corrected chi connectivity index (χ3v) is 4.10. The lowest BCUT2D eigenvalue weighted by Crippen LogP contribution is -2.34. The molecule has 1 aromatic carbocycles. The van der Waals surface area contributed by atoms with Gasteiger partial charge in [0, 0.05) is 25.2 Å².